The summed E-state index contributed by atoms with van der Waals surface area (Å²) in [6.45, 7) is -0.00427. The fraction of sp³-hybridized carbons (Fsp3) is 0. The third-order valence-corrected chi connectivity index (χ3v) is 15.3. The Labute approximate surface area is 400 Å². The average Bonchev–Trinajstić information content (AvgIpc) is 3.41. The SMILES string of the molecule is c1ccc(-c2ccc(N3c4ccc(-c5ccccc5)cc4B4c5cc(-c6ccccc6)ccc5Sc5cc(N(c6ccccc6)c6cc7ccc8cccc9ccc(c6)c7c89)cc3c54)cc2)cc1. The third kappa shape index (κ3) is 6.29. The van der Waals surface area contributed by atoms with Crippen molar-refractivity contribution in [1.82, 2.24) is 0 Å². The van der Waals surface area contributed by atoms with Gasteiger partial charge in [-0.05, 0) is 137 Å². The zero-order chi connectivity index (χ0) is 44.7. The van der Waals surface area contributed by atoms with Gasteiger partial charge in [0, 0.05) is 43.9 Å². The van der Waals surface area contributed by atoms with Gasteiger partial charge in [-0.3, -0.25) is 0 Å². The molecule has 2 heterocycles. The molecule has 0 aromatic heterocycles. The van der Waals surface area contributed by atoms with Gasteiger partial charge < -0.3 is 9.80 Å². The largest absolute Gasteiger partial charge is 0.311 e. The molecule has 0 radical (unpaired) electrons. The van der Waals surface area contributed by atoms with Crippen LogP contribution in [0.15, 0.2) is 259 Å². The minimum absolute atomic E-state index is 0.00427. The highest BCUT2D eigenvalue weighted by Gasteiger charge is 2.42. The van der Waals surface area contributed by atoms with E-state index >= 15 is 0 Å². The topological polar surface area (TPSA) is 6.48 Å². The molecular weight excluding hydrogens is 840 g/mol. The van der Waals surface area contributed by atoms with Crippen LogP contribution in [0.4, 0.5) is 34.1 Å². The molecule has 2 nitrogen and oxygen atoms in total. The lowest BCUT2D eigenvalue weighted by Crippen LogP contribution is -2.60. The van der Waals surface area contributed by atoms with E-state index in [9.17, 15) is 0 Å². The molecular formula is C64H41BN2S. The van der Waals surface area contributed by atoms with E-state index in [-0.39, 0.29) is 6.71 Å². The van der Waals surface area contributed by atoms with Gasteiger partial charge >= 0.3 is 0 Å². The second-order valence-corrected chi connectivity index (χ2v) is 19.2. The molecule has 68 heavy (non-hydrogen) atoms. The molecule has 0 fully saturated rings. The zero-order valence-electron chi connectivity index (χ0n) is 37.1. The van der Waals surface area contributed by atoms with Crippen molar-refractivity contribution in [3.05, 3.63) is 249 Å². The van der Waals surface area contributed by atoms with Crippen LogP contribution in [0.25, 0.3) is 65.7 Å². The van der Waals surface area contributed by atoms with Gasteiger partial charge in [-0.2, -0.15) is 0 Å². The van der Waals surface area contributed by atoms with E-state index in [1.165, 1.54) is 103 Å². The first-order valence-electron chi connectivity index (χ1n) is 23.4. The zero-order valence-corrected chi connectivity index (χ0v) is 37.9. The summed E-state index contributed by atoms with van der Waals surface area (Å²) >= 11 is 1.90. The number of rotatable bonds is 7. The minimum Gasteiger partial charge on any atom is -0.311 e. The second kappa shape index (κ2) is 15.7. The van der Waals surface area contributed by atoms with Gasteiger partial charge in [0.2, 0.25) is 6.71 Å². The van der Waals surface area contributed by atoms with Crippen LogP contribution in [0.2, 0.25) is 0 Å². The van der Waals surface area contributed by atoms with E-state index in [1.54, 1.807) is 0 Å². The van der Waals surface area contributed by atoms with Gasteiger partial charge in [-0.1, -0.05) is 205 Å². The molecule has 12 aromatic carbocycles. The summed E-state index contributed by atoms with van der Waals surface area (Å²) in [5.41, 5.74) is 18.1. The van der Waals surface area contributed by atoms with Crippen molar-refractivity contribution >= 4 is 101 Å². The van der Waals surface area contributed by atoms with Crippen LogP contribution in [-0.4, -0.2) is 6.71 Å². The predicted octanol–water partition coefficient (Wildman–Crippen LogP) is 15.8. The molecule has 316 valence electrons. The number of hydrogen-bond donors (Lipinski definition) is 0. The van der Waals surface area contributed by atoms with E-state index in [0.717, 1.165) is 22.7 Å². The molecule has 0 saturated heterocycles. The van der Waals surface area contributed by atoms with E-state index < -0.39 is 0 Å². The number of para-hydroxylation sites is 1. The van der Waals surface area contributed by atoms with Gasteiger partial charge in [-0.15, -0.1) is 0 Å². The van der Waals surface area contributed by atoms with E-state index in [2.05, 4.69) is 259 Å². The van der Waals surface area contributed by atoms with Crippen LogP contribution in [0.3, 0.4) is 0 Å². The Hall–Kier alpha value is -8.31. The molecule has 0 spiro atoms. The molecule has 4 heteroatoms. The molecule has 0 bridgehead atoms. The molecule has 0 N–H and O–H groups in total. The van der Waals surface area contributed by atoms with Crippen LogP contribution in [-0.2, 0) is 0 Å². The molecule has 0 unspecified atom stereocenters. The Morgan fingerprint density at radius 1 is 0.324 bits per heavy atom. The molecule has 0 aliphatic carbocycles. The molecule has 14 rings (SSSR count). The molecule has 2 aliphatic heterocycles. The lowest BCUT2D eigenvalue weighted by atomic mass is 9.34. The Balaban J connectivity index is 1.03. The van der Waals surface area contributed by atoms with E-state index in [4.69, 9.17) is 0 Å². The predicted molar refractivity (Wildman–Crippen MR) is 291 cm³/mol. The summed E-state index contributed by atoms with van der Waals surface area (Å²) in [5.74, 6) is 0. The second-order valence-electron chi connectivity index (χ2n) is 18.1. The van der Waals surface area contributed by atoms with Gasteiger partial charge in [0.15, 0.2) is 0 Å². The Morgan fingerprint density at radius 2 is 0.824 bits per heavy atom. The maximum atomic E-state index is 2.54. The summed E-state index contributed by atoms with van der Waals surface area (Å²) in [7, 11) is 0. The monoisotopic (exact) mass is 880 g/mol. The van der Waals surface area contributed by atoms with E-state index in [0.29, 0.717) is 0 Å². The van der Waals surface area contributed by atoms with Crippen molar-refractivity contribution in [2.45, 2.75) is 9.79 Å². The van der Waals surface area contributed by atoms with Gasteiger partial charge in [0.25, 0.3) is 0 Å². The van der Waals surface area contributed by atoms with Crippen LogP contribution in [0, 0.1) is 0 Å². The Morgan fingerprint density at radius 3 is 1.46 bits per heavy atom. The molecule has 12 aromatic rings. The molecule has 0 saturated carbocycles. The summed E-state index contributed by atoms with van der Waals surface area (Å²) in [6, 6.07) is 92.2. The first-order chi connectivity index (χ1) is 33.7. The number of fused-ring (bicyclic) bond motifs is 4. The number of nitrogens with zero attached hydrogens (tertiary/aromatic N) is 2. The van der Waals surface area contributed by atoms with Crippen molar-refractivity contribution < 1.29 is 0 Å². The highest BCUT2D eigenvalue weighted by Crippen LogP contribution is 2.48. The standard InChI is InChI=1S/C64H41BN2S/c1-5-14-42(15-6-1)45-28-32-53(33-29-45)67-58-34-30-48(43-16-7-2-8-17-43)38-56(58)65-57-39-49(44-18-9-3-10-19-44)31-35-60(57)68-61-41-55(40-59(67)64(61)65)66(52-22-11-4-12-23-52)54-36-50-26-24-46-20-13-21-47-25-27-51(37-54)63(50)62(46)47/h1-41H. The van der Waals surface area contributed by atoms with Gasteiger partial charge in [0.05, 0.1) is 0 Å². The summed E-state index contributed by atoms with van der Waals surface area (Å²) in [5, 5.41) is 7.68. The molecule has 0 atom stereocenters. The summed E-state index contributed by atoms with van der Waals surface area (Å²) < 4.78 is 0. The van der Waals surface area contributed by atoms with Crippen molar-refractivity contribution in [2.75, 3.05) is 9.80 Å². The fourth-order valence-electron chi connectivity index (χ4n) is 11.1. The lowest BCUT2D eigenvalue weighted by molar-refractivity contribution is 1.23. The molecule has 2 aliphatic rings. The Kier molecular flexibility index (Phi) is 8.96. The van der Waals surface area contributed by atoms with Gasteiger partial charge in [0.1, 0.15) is 0 Å². The first-order valence-corrected chi connectivity index (χ1v) is 24.2. The molecule has 0 amide bonds. The van der Waals surface area contributed by atoms with Crippen LogP contribution < -0.4 is 26.2 Å². The van der Waals surface area contributed by atoms with Crippen LogP contribution in [0.1, 0.15) is 0 Å². The Bertz CT molecular complexity index is 3810. The number of hydrogen-bond acceptors (Lipinski definition) is 3. The van der Waals surface area contributed by atoms with Crippen LogP contribution >= 0.6 is 11.8 Å². The maximum Gasteiger partial charge on any atom is 0.249 e. The van der Waals surface area contributed by atoms with Crippen molar-refractivity contribution in [3.63, 3.8) is 0 Å². The van der Waals surface area contributed by atoms with Crippen molar-refractivity contribution in [3.8, 4) is 33.4 Å². The van der Waals surface area contributed by atoms with Crippen molar-refractivity contribution in [2.24, 2.45) is 0 Å². The quantitative estimate of drug-likeness (QED) is 0.116. The van der Waals surface area contributed by atoms with Gasteiger partial charge in [-0.25, -0.2) is 0 Å². The highest BCUT2D eigenvalue weighted by molar-refractivity contribution is 8.00. The average molecular weight is 881 g/mol. The normalized spacial score (nSPS) is 12.6. The smallest absolute Gasteiger partial charge is 0.249 e. The maximum absolute atomic E-state index is 2.54. The first kappa shape index (κ1) is 38.9. The third-order valence-electron chi connectivity index (χ3n) is 14.2. The summed E-state index contributed by atoms with van der Waals surface area (Å²) in [6.07, 6.45) is 0. The highest BCUT2D eigenvalue weighted by atomic mass is 32.2. The lowest BCUT2D eigenvalue weighted by Gasteiger charge is -2.41. The number of benzene rings is 12. The number of anilines is 6. The summed E-state index contributed by atoms with van der Waals surface area (Å²) in [4.78, 5) is 7.56. The van der Waals surface area contributed by atoms with Crippen molar-refractivity contribution in [1.29, 1.82) is 0 Å². The fourth-order valence-corrected chi connectivity index (χ4v) is 12.3. The minimum atomic E-state index is -0.00427. The van der Waals surface area contributed by atoms with Crippen LogP contribution in [0.5, 0.6) is 0 Å². The van der Waals surface area contributed by atoms with E-state index in [1.807, 2.05) is 11.8 Å².